The number of hydrogen-bond acceptors (Lipinski definition) is 4. The first-order chi connectivity index (χ1) is 14.0. The van der Waals surface area contributed by atoms with Gasteiger partial charge in [-0.3, -0.25) is 14.5 Å². The molecule has 2 fully saturated rings. The molecule has 0 spiro atoms. The second-order valence-electron chi connectivity index (χ2n) is 8.48. The van der Waals surface area contributed by atoms with E-state index in [4.69, 9.17) is 4.74 Å². The number of alkyl halides is 1. The van der Waals surface area contributed by atoms with E-state index in [1.807, 2.05) is 28.0 Å². The monoisotopic (exact) mass is 403 g/mol. The van der Waals surface area contributed by atoms with Crippen LogP contribution in [0.25, 0.3) is 0 Å². The van der Waals surface area contributed by atoms with E-state index in [1.54, 1.807) is 0 Å². The first-order valence-corrected chi connectivity index (χ1v) is 10.7. The van der Waals surface area contributed by atoms with Gasteiger partial charge in [0, 0.05) is 31.9 Å². The minimum absolute atomic E-state index is 0.0453. The Balaban J connectivity index is 1.25. The first kappa shape index (κ1) is 20.3. The van der Waals surface area contributed by atoms with Gasteiger partial charge in [0.1, 0.15) is 5.67 Å². The van der Waals surface area contributed by atoms with Gasteiger partial charge in [-0.15, -0.1) is 0 Å². The Morgan fingerprint density at radius 3 is 2.76 bits per heavy atom. The second-order valence-corrected chi connectivity index (χ2v) is 8.48. The summed E-state index contributed by atoms with van der Waals surface area (Å²) in [6, 6.07) is 8.07. The molecule has 6 nitrogen and oxygen atoms in total. The average molecular weight is 403 g/mol. The Bertz CT molecular complexity index is 743. The van der Waals surface area contributed by atoms with Gasteiger partial charge in [0.05, 0.1) is 25.6 Å². The molecule has 1 aromatic carbocycles. The molecule has 2 saturated heterocycles. The minimum Gasteiger partial charge on any atom is -0.381 e. The summed E-state index contributed by atoms with van der Waals surface area (Å²) in [7, 11) is 0. The minimum atomic E-state index is -1.40. The summed E-state index contributed by atoms with van der Waals surface area (Å²) < 4.78 is 20.3. The molecule has 1 unspecified atom stereocenters. The van der Waals surface area contributed by atoms with Crippen molar-refractivity contribution in [1.82, 2.24) is 10.2 Å². The highest BCUT2D eigenvalue weighted by molar-refractivity contribution is 5.96. The van der Waals surface area contributed by atoms with Crippen LogP contribution in [-0.2, 0) is 20.7 Å². The van der Waals surface area contributed by atoms with Crippen molar-refractivity contribution < 1.29 is 18.7 Å². The molecule has 7 heteroatoms. The molecule has 1 aromatic rings. The molecule has 3 aliphatic rings. The highest BCUT2D eigenvalue weighted by Crippen LogP contribution is 2.29. The summed E-state index contributed by atoms with van der Waals surface area (Å²) in [6.07, 6.45) is 3.35. The van der Waals surface area contributed by atoms with Crippen LogP contribution >= 0.6 is 0 Å². The quantitative estimate of drug-likeness (QED) is 0.816. The van der Waals surface area contributed by atoms with Gasteiger partial charge in [-0.2, -0.15) is 0 Å². The SMILES string of the molecule is O=C(NCC1(F)CCN(CC(=O)N2CCCc3ccccc32)CC1)C1CCOC1. The number of ether oxygens (including phenoxy) is 1. The van der Waals surface area contributed by atoms with Crippen molar-refractivity contribution in [1.29, 1.82) is 0 Å². The summed E-state index contributed by atoms with van der Waals surface area (Å²) in [5.41, 5.74) is 0.836. The predicted octanol–water partition coefficient (Wildman–Crippen LogP) is 1.92. The number of para-hydroxylation sites is 1. The summed E-state index contributed by atoms with van der Waals surface area (Å²) in [4.78, 5) is 28.9. The normalized spacial score (nSPS) is 24.2. The van der Waals surface area contributed by atoms with Crippen molar-refractivity contribution in [3.8, 4) is 0 Å². The lowest BCUT2D eigenvalue weighted by Gasteiger charge is -2.37. The van der Waals surface area contributed by atoms with Crippen molar-refractivity contribution in [2.45, 2.75) is 37.8 Å². The van der Waals surface area contributed by atoms with Crippen LogP contribution in [0.4, 0.5) is 10.1 Å². The molecule has 1 N–H and O–H groups in total. The Morgan fingerprint density at radius 2 is 2.00 bits per heavy atom. The maximum Gasteiger partial charge on any atom is 0.241 e. The van der Waals surface area contributed by atoms with Crippen LogP contribution in [0, 0.1) is 5.92 Å². The van der Waals surface area contributed by atoms with Crippen molar-refractivity contribution in [3.63, 3.8) is 0 Å². The number of fused-ring (bicyclic) bond motifs is 1. The fourth-order valence-corrected chi connectivity index (χ4v) is 4.49. The number of likely N-dealkylation sites (tertiary alicyclic amines) is 1. The maximum absolute atomic E-state index is 15.1. The third-order valence-corrected chi connectivity index (χ3v) is 6.40. The number of carbonyl (C=O) groups excluding carboxylic acids is 2. The topological polar surface area (TPSA) is 61.9 Å². The summed E-state index contributed by atoms with van der Waals surface area (Å²) in [5.74, 6) is -0.178. The zero-order chi connectivity index (χ0) is 20.3. The molecule has 4 rings (SSSR count). The van der Waals surface area contributed by atoms with Gasteiger partial charge in [-0.1, -0.05) is 18.2 Å². The van der Waals surface area contributed by atoms with E-state index in [9.17, 15) is 9.59 Å². The van der Waals surface area contributed by atoms with Crippen LogP contribution in [0.15, 0.2) is 24.3 Å². The predicted molar refractivity (Wildman–Crippen MR) is 109 cm³/mol. The van der Waals surface area contributed by atoms with E-state index in [0.29, 0.717) is 52.1 Å². The van der Waals surface area contributed by atoms with Gasteiger partial charge < -0.3 is 15.0 Å². The first-order valence-electron chi connectivity index (χ1n) is 10.7. The van der Waals surface area contributed by atoms with E-state index in [1.165, 1.54) is 5.56 Å². The zero-order valence-electron chi connectivity index (χ0n) is 16.9. The third-order valence-electron chi connectivity index (χ3n) is 6.40. The Kier molecular flexibility index (Phi) is 6.15. The molecular formula is C22H30FN3O3. The molecule has 2 amide bonds. The fourth-order valence-electron chi connectivity index (χ4n) is 4.49. The van der Waals surface area contributed by atoms with Gasteiger partial charge in [-0.05, 0) is 43.7 Å². The Hall–Kier alpha value is -1.99. The number of hydrogen-bond donors (Lipinski definition) is 1. The van der Waals surface area contributed by atoms with Gasteiger partial charge in [0.2, 0.25) is 11.8 Å². The molecule has 0 aliphatic carbocycles. The number of piperidine rings is 1. The lowest BCUT2D eigenvalue weighted by atomic mass is 9.92. The zero-order valence-corrected chi connectivity index (χ0v) is 16.9. The maximum atomic E-state index is 15.1. The van der Waals surface area contributed by atoms with E-state index in [2.05, 4.69) is 11.4 Å². The molecule has 3 heterocycles. The number of anilines is 1. The number of aryl methyl sites for hydroxylation is 1. The molecule has 0 radical (unpaired) electrons. The number of nitrogens with one attached hydrogen (secondary N) is 1. The van der Waals surface area contributed by atoms with E-state index in [-0.39, 0.29) is 24.3 Å². The third kappa shape index (κ3) is 4.78. The smallest absolute Gasteiger partial charge is 0.241 e. The Labute approximate surface area is 171 Å². The molecule has 0 bridgehead atoms. The summed E-state index contributed by atoms with van der Waals surface area (Å²) in [5, 5.41) is 2.77. The fraction of sp³-hybridized carbons (Fsp3) is 0.636. The highest BCUT2D eigenvalue weighted by Gasteiger charge is 2.37. The van der Waals surface area contributed by atoms with Crippen molar-refractivity contribution in [2.24, 2.45) is 5.92 Å². The van der Waals surface area contributed by atoms with Crippen molar-refractivity contribution >= 4 is 17.5 Å². The van der Waals surface area contributed by atoms with Gasteiger partial charge >= 0.3 is 0 Å². The molecule has 3 aliphatic heterocycles. The number of amides is 2. The number of rotatable bonds is 5. The molecule has 0 saturated carbocycles. The average Bonchev–Trinajstić information content (AvgIpc) is 3.28. The van der Waals surface area contributed by atoms with Crippen molar-refractivity contribution in [2.75, 3.05) is 50.8 Å². The van der Waals surface area contributed by atoms with E-state index >= 15 is 4.39 Å². The number of carbonyl (C=O) groups is 2. The summed E-state index contributed by atoms with van der Waals surface area (Å²) in [6.45, 7) is 3.19. The Morgan fingerprint density at radius 1 is 1.21 bits per heavy atom. The van der Waals surface area contributed by atoms with Gasteiger partial charge in [-0.25, -0.2) is 4.39 Å². The van der Waals surface area contributed by atoms with Gasteiger partial charge in [0.25, 0.3) is 0 Å². The highest BCUT2D eigenvalue weighted by atomic mass is 19.1. The van der Waals surface area contributed by atoms with Crippen LogP contribution in [-0.4, -0.2) is 68.3 Å². The number of benzene rings is 1. The number of halogens is 1. The van der Waals surface area contributed by atoms with Crippen LogP contribution < -0.4 is 10.2 Å². The molecule has 0 aromatic heterocycles. The molecule has 1 atom stereocenters. The second kappa shape index (κ2) is 8.79. The lowest BCUT2D eigenvalue weighted by molar-refractivity contribution is -0.125. The molecule has 158 valence electrons. The standard InChI is InChI=1S/C22H30FN3O3/c23-22(16-24-21(28)18-7-13-29-15-18)8-11-25(12-9-22)14-20(27)26-10-3-5-17-4-1-2-6-19(17)26/h1-2,4,6,18H,3,5,7-16H2,(H,24,28). The molecular weight excluding hydrogens is 373 g/mol. The van der Waals surface area contributed by atoms with E-state index < -0.39 is 5.67 Å². The lowest BCUT2D eigenvalue weighted by Crippen LogP contribution is -2.51. The van der Waals surface area contributed by atoms with E-state index in [0.717, 1.165) is 25.1 Å². The van der Waals surface area contributed by atoms with Crippen molar-refractivity contribution in [3.05, 3.63) is 29.8 Å². The van der Waals surface area contributed by atoms with Gasteiger partial charge in [0.15, 0.2) is 0 Å². The van der Waals surface area contributed by atoms with Crippen LogP contribution in [0.2, 0.25) is 0 Å². The summed E-state index contributed by atoms with van der Waals surface area (Å²) >= 11 is 0. The van der Waals surface area contributed by atoms with Crippen LogP contribution in [0.3, 0.4) is 0 Å². The van der Waals surface area contributed by atoms with Crippen LogP contribution in [0.1, 0.15) is 31.2 Å². The van der Waals surface area contributed by atoms with Crippen LogP contribution in [0.5, 0.6) is 0 Å². The number of nitrogens with zero attached hydrogens (tertiary/aromatic N) is 2. The molecule has 29 heavy (non-hydrogen) atoms. The largest absolute Gasteiger partial charge is 0.381 e.